The van der Waals surface area contributed by atoms with Crippen LogP contribution in [0.2, 0.25) is 0 Å². The average Bonchev–Trinajstić information content (AvgIpc) is 3.53. The maximum atomic E-state index is 13.1. The fraction of sp³-hybridized carbons (Fsp3) is 0.538. The molecule has 4 rings (SSSR count). The van der Waals surface area contributed by atoms with E-state index < -0.39 is 0 Å². The van der Waals surface area contributed by atoms with Gasteiger partial charge in [0.2, 0.25) is 5.91 Å². The van der Waals surface area contributed by atoms with Gasteiger partial charge in [-0.3, -0.25) is 9.59 Å². The lowest BCUT2D eigenvalue weighted by Gasteiger charge is -2.31. The molecule has 2 saturated heterocycles. The van der Waals surface area contributed by atoms with Crippen LogP contribution in [0.1, 0.15) is 48.2 Å². The zero-order valence-electron chi connectivity index (χ0n) is 19.0. The predicted molar refractivity (Wildman–Crippen MR) is 127 cm³/mol. The van der Waals surface area contributed by atoms with Gasteiger partial charge in [-0.1, -0.05) is 30.3 Å². The van der Waals surface area contributed by atoms with E-state index in [-0.39, 0.29) is 17.7 Å². The summed E-state index contributed by atoms with van der Waals surface area (Å²) in [4.78, 5) is 30.0. The number of hydrogen-bond donors (Lipinski definition) is 1. The molecule has 1 N–H and O–H groups in total. The first-order valence-corrected chi connectivity index (χ1v) is 12.2. The number of hydrogen-bond acceptors (Lipinski definition) is 3. The topological polar surface area (TPSA) is 57.6 Å². The quantitative estimate of drug-likeness (QED) is 0.614. The molecule has 0 unspecified atom stereocenters. The highest BCUT2D eigenvalue weighted by atomic mass is 16.2. The summed E-state index contributed by atoms with van der Waals surface area (Å²) < 4.78 is 2.05. The van der Waals surface area contributed by atoms with Crippen molar-refractivity contribution in [1.82, 2.24) is 19.7 Å². The minimum absolute atomic E-state index is 0.0238. The molecule has 172 valence electrons. The number of benzene rings is 1. The third-order valence-electron chi connectivity index (χ3n) is 6.83. The number of aromatic nitrogens is 1. The largest absolute Gasteiger partial charge is 0.356 e. The van der Waals surface area contributed by atoms with Crippen molar-refractivity contribution in [3.05, 3.63) is 59.9 Å². The van der Waals surface area contributed by atoms with E-state index >= 15 is 0 Å². The van der Waals surface area contributed by atoms with Crippen LogP contribution < -0.4 is 5.32 Å². The Kier molecular flexibility index (Phi) is 7.99. The van der Waals surface area contributed by atoms with Crippen LogP contribution in [0.15, 0.2) is 48.7 Å². The molecule has 3 heterocycles. The van der Waals surface area contributed by atoms with Crippen molar-refractivity contribution in [1.29, 1.82) is 0 Å². The predicted octanol–water partition coefficient (Wildman–Crippen LogP) is 3.19. The van der Waals surface area contributed by atoms with Crippen molar-refractivity contribution in [3.63, 3.8) is 0 Å². The molecule has 0 bridgehead atoms. The maximum absolute atomic E-state index is 13.1. The molecule has 0 saturated carbocycles. The molecular weight excluding hydrogens is 400 g/mol. The second-order valence-corrected chi connectivity index (χ2v) is 9.08. The lowest BCUT2D eigenvalue weighted by molar-refractivity contribution is -0.126. The summed E-state index contributed by atoms with van der Waals surface area (Å²) in [5, 5.41) is 3.12. The first kappa shape index (κ1) is 22.6. The van der Waals surface area contributed by atoms with E-state index in [0.29, 0.717) is 13.1 Å². The van der Waals surface area contributed by atoms with Crippen LogP contribution in [-0.4, -0.2) is 65.4 Å². The highest BCUT2D eigenvalue weighted by Gasteiger charge is 2.28. The van der Waals surface area contributed by atoms with E-state index in [4.69, 9.17) is 0 Å². The van der Waals surface area contributed by atoms with E-state index in [2.05, 4.69) is 26.9 Å². The molecule has 32 heavy (non-hydrogen) atoms. The molecule has 6 heteroatoms. The Hall–Kier alpha value is -2.60. The van der Waals surface area contributed by atoms with Crippen LogP contribution in [0.3, 0.4) is 0 Å². The number of nitrogens with zero attached hydrogens (tertiary/aromatic N) is 3. The smallest absolute Gasteiger partial charge is 0.270 e. The molecule has 2 amide bonds. The Bertz CT molecular complexity index is 865. The molecule has 0 aliphatic carbocycles. The van der Waals surface area contributed by atoms with Gasteiger partial charge >= 0.3 is 0 Å². The number of rotatable bonds is 9. The second-order valence-electron chi connectivity index (χ2n) is 9.08. The molecule has 1 aromatic carbocycles. The van der Waals surface area contributed by atoms with Crippen molar-refractivity contribution in [2.75, 3.05) is 39.3 Å². The molecule has 0 atom stereocenters. The van der Waals surface area contributed by atoms with E-state index in [1.54, 1.807) is 0 Å². The minimum atomic E-state index is 0.0238. The Balaban J connectivity index is 1.20. The van der Waals surface area contributed by atoms with Crippen LogP contribution in [0, 0.1) is 5.92 Å². The van der Waals surface area contributed by atoms with Gasteiger partial charge < -0.3 is 19.7 Å². The van der Waals surface area contributed by atoms with Gasteiger partial charge in [0.05, 0.1) is 0 Å². The monoisotopic (exact) mass is 436 g/mol. The molecule has 2 aromatic rings. The second kappa shape index (κ2) is 11.3. The summed E-state index contributed by atoms with van der Waals surface area (Å²) in [7, 11) is 0. The highest BCUT2D eigenvalue weighted by molar-refractivity contribution is 5.93. The van der Waals surface area contributed by atoms with Gasteiger partial charge in [-0.15, -0.1) is 0 Å². The van der Waals surface area contributed by atoms with Crippen molar-refractivity contribution >= 4 is 11.8 Å². The van der Waals surface area contributed by atoms with Gasteiger partial charge in [0.1, 0.15) is 5.69 Å². The molecule has 6 nitrogen and oxygen atoms in total. The molecule has 1 aromatic heterocycles. The molecule has 2 fully saturated rings. The van der Waals surface area contributed by atoms with E-state index in [1.807, 2.05) is 41.4 Å². The Morgan fingerprint density at radius 2 is 1.66 bits per heavy atom. The van der Waals surface area contributed by atoms with Crippen LogP contribution in [0.5, 0.6) is 0 Å². The maximum Gasteiger partial charge on any atom is 0.270 e. The lowest BCUT2D eigenvalue weighted by atomic mass is 9.95. The Morgan fingerprint density at radius 1 is 0.906 bits per heavy atom. The zero-order valence-corrected chi connectivity index (χ0v) is 19.0. The summed E-state index contributed by atoms with van der Waals surface area (Å²) in [6, 6.07) is 14.2. The minimum Gasteiger partial charge on any atom is -0.356 e. The van der Waals surface area contributed by atoms with E-state index in [1.165, 1.54) is 31.5 Å². The lowest BCUT2D eigenvalue weighted by Crippen LogP contribution is -2.43. The molecular formula is C26H36N4O2. The number of piperidine rings is 1. The molecule has 2 aliphatic heterocycles. The average molecular weight is 437 g/mol. The van der Waals surface area contributed by atoms with Crippen molar-refractivity contribution in [2.45, 2.75) is 45.1 Å². The van der Waals surface area contributed by atoms with E-state index in [0.717, 1.165) is 51.0 Å². The first-order valence-electron chi connectivity index (χ1n) is 12.2. The van der Waals surface area contributed by atoms with Crippen molar-refractivity contribution in [2.24, 2.45) is 5.92 Å². The third kappa shape index (κ3) is 6.00. The highest BCUT2D eigenvalue weighted by Crippen LogP contribution is 2.20. The summed E-state index contributed by atoms with van der Waals surface area (Å²) in [5.74, 6) is 0.257. The van der Waals surface area contributed by atoms with Crippen LogP contribution in [-0.2, 0) is 17.8 Å². The number of amides is 2. The summed E-state index contributed by atoms with van der Waals surface area (Å²) in [5.41, 5.74) is 2.01. The Labute approximate surface area is 191 Å². The van der Waals surface area contributed by atoms with Crippen LogP contribution in [0.25, 0.3) is 0 Å². The first-order chi connectivity index (χ1) is 15.7. The summed E-state index contributed by atoms with van der Waals surface area (Å²) in [6.07, 6.45) is 8.00. The van der Waals surface area contributed by atoms with E-state index in [9.17, 15) is 9.59 Å². The van der Waals surface area contributed by atoms with Gasteiger partial charge in [0.15, 0.2) is 0 Å². The number of likely N-dealkylation sites (tertiary alicyclic amines) is 2. The van der Waals surface area contributed by atoms with Gasteiger partial charge in [0.25, 0.3) is 5.91 Å². The third-order valence-corrected chi connectivity index (χ3v) is 6.83. The fourth-order valence-corrected chi connectivity index (χ4v) is 4.87. The normalized spacial score (nSPS) is 17.6. The number of aryl methyl sites for hydroxylation is 2. The fourth-order valence-electron chi connectivity index (χ4n) is 4.87. The molecule has 0 radical (unpaired) electrons. The summed E-state index contributed by atoms with van der Waals surface area (Å²) in [6.45, 7) is 6.32. The SMILES string of the molecule is O=C(NCCCN1CCCC1)C1CCN(C(=O)c2cccn2CCc2ccccc2)CC1. The number of carbonyl (C=O) groups is 2. The molecule has 0 spiro atoms. The summed E-state index contributed by atoms with van der Waals surface area (Å²) >= 11 is 0. The van der Waals surface area contributed by atoms with Gasteiger partial charge in [-0.2, -0.15) is 0 Å². The number of carbonyl (C=O) groups excluding carboxylic acids is 2. The van der Waals surface area contributed by atoms with Crippen molar-refractivity contribution < 1.29 is 9.59 Å². The van der Waals surface area contributed by atoms with Gasteiger partial charge in [-0.05, 0) is 75.9 Å². The molecule has 2 aliphatic rings. The van der Waals surface area contributed by atoms with Crippen molar-refractivity contribution in [3.8, 4) is 0 Å². The Morgan fingerprint density at radius 3 is 2.41 bits per heavy atom. The zero-order chi connectivity index (χ0) is 22.2. The van der Waals surface area contributed by atoms with Crippen LogP contribution >= 0.6 is 0 Å². The number of nitrogens with one attached hydrogen (secondary N) is 1. The van der Waals surface area contributed by atoms with Gasteiger partial charge in [-0.25, -0.2) is 0 Å². The standard InChI is InChI=1S/C26H36N4O2/c31-25(27-14-7-17-28-15-4-5-16-28)23-12-20-30(21-13-23)26(32)24-10-6-18-29(24)19-11-22-8-2-1-3-9-22/h1-3,6,8-10,18,23H,4-5,7,11-17,19-21H2,(H,27,31). The van der Waals surface area contributed by atoms with Crippen LogP contribution in [0.4, 0.5) is 0 Å². The van der Waals surface area contributed by atoms with Gasteiger partial charge in [0, 0.05) is 38.3 Å².